The lowest BCUT2D eigenvalue weighted by molar-refractivity contribution is 0.0926. The highest BCUT2D eigenvalue weighted by atomic mass is 35.5. The van der Waals surface area contributed by atoms with Gasteiger partial charge in [-0.1, -0.05) is 11.6 Å². The summed E-state index contributed by atoms with van der Waals surface area (Å²) in [6.45, 7) is 1.73. The molecule has 1 fully saturated rings. The van der Waals surface area contributed by atoms with Crippen LogP contribution in [0.1, 0.15) is 41.9 Å². The second-order valence-corrected chi connectivity index (χ2v) is 7.85. The topological polar surface area (TPSA) is 70.2 Å². The lowest BCUT2D eigenvalue weighted by Gasteiger charge is -2.30. The minimum Gasteiger partial charge on any atom is -0.365 e. The van der Waals surface area contributed by atoms with Gasteiger partial charge in [0.15, 0.2) is 11.6 Å². The predicted molar refractivity (Wildman–Crippen MR) is 117 cm³/mol. The van der Waals surface area contributed by atoms with E-state index in [1.54, 1.807) is 25.9 Å². The molecule has 0 aliphatic heterocycles. The summed E-state index contributed by atoms with van der Waals surface area (Å²) < 4.78 is 27.9. The SMILES string of the molecule is Cc1nc(N[C@H]2CC[C@@H](NC(=O)c3ccc(F)c(Cl)c3)CC2)c(F)c(N(C)C)n1.Cl. The average molecular weight is 460 g/mol. The molecular formula is C20H25Cl2F2N5O. The third-order valence-electron chi connectivity index (χ3n) is 4.95. The van der Waals surface area contributed by atoms with Crippen LogP contribution in [0.5, 0.6) is 0 Å². The van der Waals surface area contributed by atoms with Crippen LogP contribution in [-0.4, -0.2) is 42.1 Å². The lowest BCUT2D eigenvalue weighted by Crippen LogP contribution is -2.40. The highest BCUT2D eigenvalue weighted by Crippen LogP contribution is 2.26. The molecule has 0 saturated heterocycles. The summed E-state index contributed by atoms with van der Waals surface area (Å²) in [5.74, 6) is -0.356. The van der Waals surface area contributed by atoms with Crippen molar-refractivity contribution in [2.24, 2.45) is 0 Å². The Kier molecular flexibility index (Phi) is 8.20. The molecule has 1 amide bonds. The first-order valence-corrected chi connectivity index (χ1v) is 9.86. The van der Waals surface area contributed by atoms with Crippen molar-refractivity contribution in [2.45, 2.75) is 44.7 Å². The van der Waals surface area contributed by atoms with Crippen molar-refractivity contribution in [2.75, 3.05) is 24.3 Å². The van der Waals surface area contributed by atoms with Crippen molar-refractivity contribution >= 4 is 41.6 Å². The minimum absolute atomic E-state index is 0. The highest BCUT2D eigenvalue weighted by Gasteiger charge is 2.25. The van der Waals surface area contributed by atoms with Crippen molar-refractivity contribution in [1.82, 2.24) is 15.3 Å². The number of aryl methyl sites for hydroxylation is 1. The van der Waals surface area contributed by atoms with Gasteiger partial charge in [-0.15, -0.1) is 12.4 Å². The molecule has 10 heteroatoms. The third-order valence-corrected chi connectivity index (χ3v) is 5.24. The van der Waals surface area contributed by atoms with Gasteiger partial charge in [0.2, 0.25) is 5.82 Å². The Morgan fingerprint density at radius 3 is 2.37 bits per heavy atom. The molecule has 0 unspecified atom stereocenters. The number of carbonyl (C=O) groups is 1. The maximum absolute atomic E-state index is 14.6. The lowest BCUT2D eigenvalue weighted by atomic mass is 9.91. The van der Waals surface area contributed by atoms with Crippen molar-refractivity contribution in [3.63, 3.8) is 0 Å². The molecule has 0 bridgehead atoms. The van der Waals surface area contributed by atoms with E-state index in [1.165, 1.54) is 18.2 Å². The summed E-state index contributed by atoms with van der Waals surface area (Å²) in [5.41, 5.74) is 0.325. The van der Waals surface area contributed by atoms with Crippen LogP contribution in [0.15, 0.2) is 18.2 Å². The summed E-state index contributed by atoms with van der Waals surface area (Å²) in [6.07, 6.45) is 3.00. The second-order valence-electron chi connectivity index (χ2n) is 7.45. The molecule has 0 spiro atoms. The van der Waals surface area contributed by atoms with Gasteiger partial charge in [0, 0.05) is 31.7 Å². The van der Waals surface area contributed by atoms with Gasteiger partial charge in [-0.2, -0.15) is 4.39 Å². The first-order chi connectivity index (χ1) is 13.7. The minimum atomic E-state index is -0.556. The Morgan fingerprint density at radius 2 is 1.77 bits per heavy atom. The van der Waals surface area contributed by atoms with Crippen LogP contribution in [-0.2, 0) is 0 Å². The van der Waals surface area contributed by atoms with Gasteiger partial charge in [-0.25, -0.2) is 14.4 Å². The summed E-state index contributed by atoms with van der Waals surface area (Å²) >= 11 is 5.74. The summed E-state index contributed by atoms with van der Waals surface area (Å²) in [5, 5.41) is 6.06. The van der Waals surface area contributed by atoms with Gasteiger partial charge in [0.05, 0.1) is 5.02 Å². The molecular weight excluding hydrogens is 435 g/mol. The molecule has 1 aliphatic rings. The van der Waals surface area contributed by atoms with Gasteiger partial charge < -0.3 is 15.5 Å². The van der Waals surface area contributed by atoms with Crippen LogP contribution in [0.4, 0.5) is 20.4 Å². The zero-order valence-electron chi connectivity index (χ0n) is 17.0. The van der Waals surface area contributed by atoms with E-state index in [-0.39, 0.29) is 47.1 Å². The maximum Gasteiger partial charge on any atom is 0.251 e. The molecule has 30 heavy (non-hydrogen) atoms. The molecule has 2 N–H and O–H groups in total. The first-order valence-electron chi connectivity index (χ1n) is 9.48. The highest BCUT2D eigenvalue weighted by molar-refractivity contribution is 6.31. The number of nitrogens with zero attached hydrogens (tertiary/aromatic N) is 3. The van der Waals surface area contributed by atoms with Crippen LogP contribution in [0, 0.1) is 18.6 Å². The van der Waals surface area contributed by atoms with Crippen molar-refractivity contribution in [3.05, 3.63) is 46.2 Å². The number of rotatable bonds is 5. The number of halogens is 4. The number of anilines is 2. The Balaban J connectivity index is 0.00000320. The molecule has 3 rings (SSSR count). The van der Waals surface area contributed by atoms with E-state index in [0.717, 1.165) is 25.7 Å². The normalized spacial score (nSPS) is 18.3. The molecule has 1 aliphatic carbocycles. The number of benzene rings is 1. The second kappa shape index (κ2) is 10.2. The molecule has 1 saturated carbocycles. The first kappa shape index (κ1) is 24.1. The summed E-state index contributed by atoms with van der Waals surface area (Å²) in [4.78, 5) is 22.3. The van der Waals surface area contributed by atoms with E-state index in [0.29, 0.717) is 11.4 Å². The molecule has 1 aromatic heterocycles. The van der Waals surface area contributed by atoms with Crippen molar-refractivity contribution in [1.29, 1.82) is 0 Å². The van der Waals surface area contributed by atoms with E-state index in [1.807, 2.05) is 0 Å². The molecule has 164 valence electrons. The number of amides is 1. The Morgan fingerprint density at radius 1 is 1.13 bits per heavy atom. The molecule has 1 heterocycles. The fourth-order valence-corrected chi connectivity index (χ4v) is 3.60. The van der Waals surface area contributed by atoms with E-state index >= 15 is 0 Å². The van der Waals surface area contributed by atoms with E-state index in [2.05, 4.69) is 20.6 Å². The van der Waals surface area contributed by atoms with Crippen LogP contribution in [0.3, 0.4) is 0 Å². The van der Waals surface area contributed by atoms with Gasteiger partial charge in [0.25, 0.3) is 5.91 Å². The Labute approximate surface area is 185 Å². The van der Waals surface area contributed by atoms with Crippen LogP contribution >= 0.6 is 24.0 Å². The fraction of sp³-hybridized carbons (Fsp3) is 0.450. The third kappa shape index (κ3) is 5.70. The molecule has 6 nitrogen and oxygen atoms in total. The standard InChI is InChI=1S/C20H24ClF2N5O.ClH/c1-11-24-18(17(23)19(25-11)28(2)3)26-13-5-7-14(8-6-13)27-20(29)12-4-9-16(22)15(21)10-12;/h4,9-10,13-14H,5-8H2,1-3H3,(H,27,29)(H,24,25,26);1H/t13-,14+;. The fourth-order valence-electron chi connectivity index (χ4n) is 3.42. The van der Waals surface area contributed by atoms with Gasteiger partial charge >= 0.3 is 0 Å². The number of hydrogen-bond acceptors (Lipinski definition) is 5. The van der Waals surface area contributed by atoms with Crippen LogP contribution in [0.2, 0.25) is 5.02 Å². The predicted octanol–water partition coefficient (Wildman–Crippen LogP) is 4.36. The quantitative estimate of drug-likeness (QED) is 0.694. The van der Waals surface area contributed by atoms with Crippen molar-refractivity contribution in [3.8, 4) is 0 Å². The Hall–Kier alpha value is -2.19. The van der Waals surface area contributed by atoms with E-state index in [9.17, 15) is 13.6 Å². The van der Waals surface area contributed by atoms with Gasteiger partial charge in [-0.3, -0.25) is 4.79 Å². The zero-order valence-corrected chi connectivity index (χ0v) is 18.6. The van der Waals surface area contributed by atoms with E-state index in [4.69, 9.17) is 11.6 Å². The van der Waals surface area contributed by atoms with Crippen LogP contribution in [0.25, 0.3) is 0 Å². The zero-order chi connectivity index (χ0) is 21.1. The summed E-state index contributed by atoms with van der Waals surface area (Å²) in [7, 11) is 3.47. The number of aromatic nitrogens is 2. The number of nitrogens with one attached hydrogen (secondary N) is 2. The molecule has 0 atom stereocenters. The van der Waals surface area contributed by atoms with Crippen LogP contribution < -0.4 is 15.5 Å². The molecule has 1 aromatic carbocycles. The average Bonchev–Trinajstić information content (AvgIpc) is 2.67. The molecule has 2 aromatic rings. The van der Waals surface area contributed by atoms with E-state index < -0.39 is 11.6 Å². The van der Waals surface area contributed by atoms with Crippen molar-refractivity contribution < 1.29 is 13.6 Å². The number of carbonyl (C=O) groups excluding carboxylic acids is 1. The number of hydrogen-bond donors (Lipinski definition) is 2. The van der Waals surface area contributed by atoms with Gasteiger partial charge in [-0.05, 0) is 50.8 Å². The van der Waals surface area contributed by atoms with Gasteiger partial charge in [0.1, 0.15) is 11.6 Å². The smallest absolute Gasteiger partial charge is 0.251 e. The largest absolute Gasteiger partial charge is 0.365 e. The summed E-state index contributed by atoms with van der Waals surface area (Å²) in [6, 6.07) is 3.97. The Bertz CT molecular complexity index is 905. The monoisotopic (exact) mass is 459 g/mol. The molecule has 0 radical (unpaired) electrons. The maximum atomic E-state index is 14.6.